The molecule has 1 amide bonds. The molecule has 9 heteroatoms. The highest BCUT2D eigenvalue weighted by Crippen LogP contribution is 2.22. The molecule has 0 aliphatic rings. The van der Waals surface area contributed by atoms with Crippen molar-refractivity contribution in [2.45, 2.75) is 11.8 Å². The number of rotatable bonds is 5. The number of anilines is 2. The molecule has 29 heavy (non-hydrogen) atoms. The number of amides is 1. The molecule has 0 fully saturated rings. The summed E-state index contributed by atoms with van der Waals surface area (Å²) in [6.07, 6.45) is 0. The molecule has 150 valence electrons. The number of carbonyl (C=O) groups is 1. The fourth-order valence-electron chi connectivity index (χ4n) is 2.51. The number of halogens is 3. The smallest absolute Gasteiger partial charge is 0.261 e. The van der Waals surface area contributed by atoms with E-state index in [-0.39, 0.29) is 11.3 Å². The number of carbonyl (C=O) groups excluding carboxylic acids is 1. The minimum absolute atomic E-state index is 0.106. The highest BCUT2D eigenvalue weighted by Gasteiger charge is 2.17. The van der Waals surface area contributed by atoms with Crippen molar-refractivity contribution >= 4 is 43.2 Å². The van der Waals surface area contributed by atoms with E-state index >= 15 is 0 Å². The molecule has 3 rings (SSSR count). The summed E-state index contributed by atoms with van der Waals surface area (Å²) in [4.78, 5) is 12.1. The Morgan fingerprint density at radius 3 is 2.38 bits per heavy atom. The number of aryl methyl sites for hydroxylation is 1. The number of benzene rings is 3. The minimum atomic E-state index is -4.16. The third kappa shape index (κ3) is 4.99. The van der Waals surface area contributed by atoms with Gasteiger partial charge in [0.1, 0.15) is 0 Å². The Balaban J connectivity index is 1.80. The second kappa shape index (κ2) is 8.30. The van der Waals surface area contributed by atoms with E-state index < -0.39 is 32.5 Å². The number of sulfonamides is 1. The molecular formula is C20H15BrF2N2O3S. The minimum Gasteiger partial charge on any atom is -0.322 e. The maximum atomic E-state index is 13.4. The summed E-state index contributed by atoms with van der Waals surface area (Å²) in [6, 6.07) is 13.4. The van der Waals surface area contributed by atoms with Crippen LogP contribution in [0.15, 0.2) is 70.0 Å². The van der Waals surface area contributed by atoms with Crippen LogP contribution in [-0.4, -0.2) is 14.3 Å². The predicted molar refractivity (Wildman–Crippen MR) is 110 cm³/mol. The van der Waals surface area contributed by atoms with Crippen LogP contribution >= 0.6 is 15.9 Å². The largest absolute Gasteiger partial charge is 0.322 e. The zero-order chi connectivity index (χ0) is 21.2. The number of hydrogen-bond donors (Lipinski definition) is 2. The second-order valence-corrected chi connectivity index (χ2v) is 8.72. The third-order valence-electron chi connectivity index (χ3n) is 3.99. The highest BCUT2D eigenvalue weighted by atomic mass is 79.9. The topological polar surface area (TPSA) is 75.3 Å². The lowest BCUT2D eigenvalue weighted by Gasteiger charge is -2.11. The van der Waals surface area contributed by atoms with Crippen LogP contribution in [-0.2, 0) is 10.0 Å². The van der Waals surface area contributed by atoms with E-state index in [9.17, 15) is 22.0 Å². The van der Waals surface area contributed by atoms with E-state index in [1.165, 1.54) is 24.3 Å². The summed E-state index contributed by atoms with van der Waals surface area (Å²) in [6.45, 7) is 1.88. The van der Waals surface area contributed by atoms with Crippen LogP contribution < -0.4 is 10.0 Å². The molecule has 0 aliphatic heterocycles. The van der Waals surface area contributed by atoms with Gasteiger partial charge in [0.05, 0.1) is 4.90 Å². The summed E-state index contributed by atoms with van der Waals surface area (Å²) >= 11 is 3.38. The van der Waals surface area contributed by atoms with Crippen molar-refractivity contribution in [2.75, 3.05) is 10.0 Å². The first-order chi connectivity index (χ1) is 13.7. The van der Waals surface area contributed by atoms with E-state index in [0.29, 0.717) is 11.8 Å². The first-order valence-electron chi connectivity index (χ1n) is 8.31. The van der Waals surface area contributed by atoms with E-state index in [1.54, 1.807) is 18.2 Å². The van der Waals surface area contributed by atoms with Gasteiger partial charge in [0.15, 0.2) is 11.6 Å². The molecule has 0 spiro atoms. The van der Waals surface area contributed by atoms with Gasteiger partial charge in [0.2, 0.25) is 0 Å². The van der Waals surface area contributed by atoms with Crippen LogP contribution in [0, 0.1) is 18.6 Å². The highest BCUT2D eigenvalue weighted by molar-refractivity contribution is 9.10. The summed E-state index contributed by atoms with van der Waals surface area (Å²) in [5.74, 6) is -2.85. The molecule has 5 nitrogen and oxygen atoms in total. The number of hydrogen-bond acceptors (Lipinski definition) is 3. The SMILES string of the molecule is Cc1cc(NC(=O)c2cccc(NS(=O)(=O)c3ccc(F)c(F)c3)c2)ccc1Br. The Morgan fingerprint density at radius 1 is 0.931 bits per heavy atom. The van der Waals surface area contributed by atoms with Crippen LogP contribution in [0.1, 0.15) is 15.9 Å². The molecule has 0 radical (unpaired) electrons. The Hall–Kier alpha value is -2.78. The summed E-state index contributed by atoms with van der Waals surface area (Å²) < 4.78 is 54.4. The van der Waals surface area contributed by atoms with Crippen molar-refractivity contribution in [3.8, 4) is 0 Å². The van der Waals surface area contributed by atoms with E-state index in [1.807, 2.05) is 6.92 Å². The molecular weight excluding hydrogens is 466 g/mol. The van der Waals surface area contributed by atoms with Crippen molar-refractivity contribution in [1.29, 1.82) is 0 Å². The van der Waals surface area contributed by atoms with Crippen LogP contribution in [0.2, 0.25) is 0 Å². The maximum absolute atomic E-state index is 13.4. The van der Waals surface area contributed by atoms with E-state index in [0.717, 1.165) is 22.2 Å². The van der Waals surface area contributed by atoms with Gasteiger partial charge in [0.25, 0.3) is 15.9 Å². The van der Waals surface area contributed by atoms with E-state index in [2.05, 4.69) is 26.0 Å². The predicted octanol–water partition coefficient (Wildman–Crippen LogP) is 5.09. The molecule has 0 saturated carbocycles. The number of nitrogens with one attached hydrogen (secondary N) is 2. The van der Waals surface area contributed by atoms with Gasteiger partial charge in [-0.1, -0.05) is 22.0 Å². The molecule has 0 heterocycles. The van der Waals surface area contributed by atoms with Gasteiger partial charge < -0.3 is 5.32 Å². The quantitative estimate of drug-likeness (QED) is 0.533. The second-order valence-electron chi connectivity index (χ2n) is 6.18. The van der Waals surface area contributed by atoms with Gasteiger partial charge in [-0.15, -0.1) is 0 Å². The average Bonchev–Trinajstić information content (AvgIpc) is 2.66. The molecule has 0 aliphatic carbocycles. The van der Waals surface area contributed by atoms with Gasteiger partial charge in [0, 0.05) is 21.4 Å². The van der Waals surface area contributed by atoms with Gasteiger partial charge in [-0.2, -0.15) is 0 Å². The van der Waals surface area contributed by atoms with Crippen molar-refractivity contribution in [2.24, 2.45) is 0 Å². The van der Waals surface area contributed by atoms with Crippen molar-refractivity contribution in [3.05, 3.63) is 87.9 Å². The van der Waals surface area contributed by atoms with Crippen LogP contribution in [0.4, 0.5) is 20.2 Å². The van der Waals surface area contributed by atoms with Crippen molar-refractivity contribution < 1.29 is 22.0 Å². The Kier molecular flexibility index (Phi) is 5.99. The normalized spacial score (nSPS) is 11.2. The molecule has 3 aromatic carbocycles. The van der Waals surface area contributed by atoms with Crippen molar-refractivity contribution in [3.63, 3.8) is 0 Å². The van der Waals surface area contributed by atoms with Gasteiger partial charge in [-0.25, -0.2) is 17.2 Å². The van der Waals surface area contributed by atoms with E-state index in [4.69, 9.17) is 0 Å². The average molecular weight is 481 g/mol. The van der Waals surface area contributed by atoms with Gasteiger partial charge in [-0.05, 0) is 67.1 Å². The standard InChI is InChI=1S/C20H15BrF2N2O3S/c1-12-9-14(5-7-17(12)21)24-20(26)13-3-2-4-15(10-13)25-29(27,28)16-6-8-18(22)19(23)11-16/h2-11,25H,1H3,(H,24,26). The fourth-order valence-corrected chi connectivity index (χ4v) is 3.82. The molecule has 0 saturated heterocycles. The lowest BCUT2D eigenvalue weighted by atomic mass is 10.1. The Morgan fingerprint density at radius 2 is 1.69 bits per heavy atom. The monoisotopic (exact) mass is 480 g/mol. The Labute approximate surface area is 174 Å². The summed E-state index contributed by atoms with van der Waals surface area (Å²) in [7, 11) is -4.16. The molecule has 2 N–H and O–H groups in total. The van der Waals surface area contributed by atoms with Crippen LogP contribution in [0.25, 0.3) is 0 Å². The van der Waals surface area contributed by atoms with Crippen molar-refractivity contribution in [1.82, 2.24) is 0 Å². The first-order valence-corrected chi connectivity index (χ1v) is 10.6. The molecule has 0 aromatic heterocycles. The van der Waals surface area contributed by atoms with Crippen LogP contribution in [0.5, 0.6) is 0 Å². The van der Waals surface area contributed by atoms with Gasteiger partial charge in [-0.3, -0.25) is 9.52 Å². The van der Waals surface area contributed by atoms with Crippen LogP contribution in [0.3, 0.4) is 0 Å². The van der Waals surface area contributed by atoms with Gasteiger partial charge >= 0.3 is 0 Å². The molecule has 0 unspecified atom stereocenters. The maximum Gasteiger partial charge on any atom is 0.261 e. The molecule has 3 aromatic rings. The third-order valence-corrected chi connectivity index (χ3v) is 6.26. The molecule has 0 bridgehead atoms. The zero-order valence-electron chi connectivity index (χ0n) is 15.0. The fraction of sp³-hybridized carbons (Fsp3) is 0.0500. The first kappa shape index (κ1) is 20.9. The summed E-state index contributed by atoms with van der Waals surface area (Å²) in [5.41, 5.74) is 1.85. The summed E-state index contributed by atoms with van der Waals surface area (Å²) in [5, 5.41) is 2.73. The lowest BCUT2D eigenvalue weighted by Crippen LogP contribution is -2.15. The lowest BCUT2D eigenvalue weighted by molar-refractivity contribution is 0.102. The zero-order valence-corrected chi connectivity index (χ0v) is 17.4. The molecule has 0 atom stereocenters. The Bertz CT molecular complexity index is 1200.